The predicted octanol–water partition coefficient (Wildman–Crippen LogP) is 4.02. The van der Waals surface area contributed by atoms with Crippen molar-refractivity contribution in [2.24, 2.45) is 0 Å². The maximum atomic E-state index is 5.94. The fourth-order valence-electron chi connectivity index (χ4n) is 2.81. The van der Waals surface area contributed by atoms with Crippen molar-refractivity contribution >= 4 is 17.6 Å². The molecule has 4 heteroatoms. The van der Waals surface area contributed by atoms with Crippen LogP contribution >= 0.6 is 11.9 Å². The van der Waals surface area contributed by atoms with Crippen LogP contribution in [0.2, 0.25) is 0 Å². The lowest BCUT2D eigenvalue weighted by molar-refractivity contribution is 0.481. The van der Waals surface area contributed by atoms with Gasteiger partial charge in [0.15, 0.2) is 0 Å². The van der Waals surface area contributed by atoms with Crippen LogP contribution in [0.4, 0.5) is 5.69 Å². The van der Waals surface area contributed by atoms with E-state index >= 15 is 0 Å². The SMILES string of the molecule is c1ccc(Oc2ccc3c(c2)N2CCCC2NS3)cc1. The van der Waals surface area contributed by atoms with Gasteiger partial charge in [0.05, 0.1) is 11.9 Å². The number of rotatable bonds is 2. The maximum absolute atomic E-state index is 5.94. The minimum absolute atomic E-state index is 0.472. The Morgan fingerprint density at radius 3 is 2.90 bits per heavy atom. The number of nitrogens with one attached hydrogen (secondary N) is 1. The van der Waals surface area contributed by atoms with Crippen LogP contribution in [0.25, 0.3) is 0 Å². The average molecular weight is 284 g/mol. The van der Waals surface area contributed by atoms with E-state index in [1.807, 2.05) is 36.4 Å². The van der Waals surface area contributed by atoms with Gasteiger partial charge < -0.3 is 9.64 Å². The lowest BCUT2D eigenvalue weighted by Gasteiger charge is -2.33. The zero-order valence-corrected chi connectivity index (χ0v) is 11.9. The molecule has 2 aromatic rings. The Morgan fingerprint density at radius 2 is 2.00 bits per heavy atom. The average Bonchev–Trinajstić information content (AvgIpc) is 2.97. The van der Waals surface area contributed by atoms with Crippen LogP contribution in [0.15, 0.2) is 53.4 Å². The van der Waals surface area contributed by atoms with Gasteiger partial charge in [0.25, 0.3) is 0 Å². The zero-order valence-electron chi connectivity index (χ0n) is 11.1. The minimum atomic E-state index is 0.472. The molecule has 0 aromatic heterocycles. The molecule has 2 aliphatic rings. The molecule has 1 N–H and O–H groups in total. The smallest absolute Gasteiger partial charge is 0.129 e. The molecule has 1 fully saturated rings. The molecule has 1 unspecified atom stereocenters. The second kappa shape index (κ2) is 5.04. The number of hydrogen-bond acceptors (Lipinski definition) is 4. The third-order valence-corrected chi connectivity index (χ3v) is 4.73. The molecule has 4 rings (SSSR count). The first-order chi connectivity index (χ1) is 9.90. The van der Waals surface area contributed by atoms with E-state index in [9.17, 15) is 0 Å². The van der Waals surface area contributed by atoms with Gasteiger partial charge in [-0.3, -0.25) is 0 Å². The molecule has 102 valence electrons. The Bertz CT molecular complexity index is 617. The standard InChI is InChI=1S/C16H16N2OS/c1-2-5-12(6-3-1)19-13-8-9-15-14(11-13)18-10-4-7-16(18)17-20-15/h1-3,5-6,8-9,11,16-17H,4,7,10H2. The highest BCUT2D eigenvalue weighted by Crippen LogP contribution is 2.40. The lowest BCUT2D eigenvalue weighted by Crippen LogP contribution is -2.41. The van der Waals surface area contributed by atoms with Crippen molar-refractivity contribution in [3.8, 4) is 11.5 Å². The number of hydrogen-bond donors (Lipinski definition) is 1. The van der Waals surface area contributed by atoms with E-state index in [1.165, 1.54) is 23.4 Å². The first-order valence-electron chi connectivity index (χ1n) is 6.96. The van der Waals surface area contributed by atoms with E-state index in [0.717, 1.165) is 18.0 Å². The van der Waals surface area contributed by atoms with Gasteiger partial charge in [-0.15, -0.1) is 0 Å². The molecule has 0 saturated carbocycles. The summed E-state index contributed by atoms with van der Waals surface area (Å²) < 4.78 is 9.44. The highest BCUT2D eigenvalue weighted by molar-refractivity contribution is 7.97. The third kappa shape index (κ3) is 2.15. The van der Waals surface area contributed by atoms with Gasteiger partial charge in [-0.05, 0) is 49.1 Å². The first kappa shape index (κ1) is 12.1. The highest BCUT2D eigenvalue weighted by Gasteiger charge is 2.30. The summed E-state index contributed by atoms with van der Waals surface area (Å²) in [6.07, 6.45) is 2.94. The minimum Gasteiger partial charge on any atom is -0.457 e. The van der Waals surface area contributed by atoms with Gasteiger partial charge in [-0.2, -0.15) is 0 Å². The van der Waals surface area contributed by atoms with Crippen LogP contribution in [0, 0.1) is 0 Å². The van der Waals surface area contributed by atoms with Crippen LogP contribution in [-0.2, 0) is 0 Å². The van der Waals surface area contributed by atoms with E-state index in [4.69, 9.17) is 4.74 Å². The molecule has 2 aromatic carbocycles. The Hall–Kier alpha value is -1.65. The molecule has 2 aliphatic heterocycles. The molecule has 1 saturated heterocycles. The highest BCUT2D eigenvalue weighted by atomic mass is 32.2. The number of anilines is 1. The number of ether oxygens (including phenoxy) is 1. The lowest BCUT2D eigenvalue weighted by atomic mass is 10.2. The summed E-state index contributed by atoms with van der Waals surface area (Å²) in [7, 11) is 0. The Kier molecular flexibility index (Phi) is 3.05. The van der Waals surface area contributed by atoms with Crippen LogP contribution in [0.5, 0.6) is 11.5 Å². The van der Waals surface area contributed by atoms with Gasteiger partial charge in [0.2, 0.25) is 0 Å². The normalized spacial score (nSPS) is 20.4. The van der Waals surface area contributed by atoms with E-state index in [0.29, 0.717) is 6.17 Å². The molecule has 0 aliphatic carbocycles. The molecule has 0 radical (unpaired) electrons. The third-order valence-electron chi connectivity index (χ3n) is 3.78. The van der Waals surface area contributed by atoms with Crippen molar-refractivity contribution in [2.45, 2.75) is 23.9 Å². The van der Waals surface area contributed by atoms with Crippen molar-refractivity contribution in [3.63, 3.8) is 0 Å². The molecular formula is C16H16N2OS. The Balaban J connectivity index is 1.65. The van der Waals surface area contributed by atoms with Gasteiger partial charge in [0.1, 0.15) is 11.5 Å². The van der Waals surface area contributed by atoms with Crippen LogP contribution < -0.4 is 14.4 Å². The van der Waals surface area contributed by atoms with E-state index in [2.05, 4.69) is 21.8 Å². The second-order valence-electron chi connectivity index (χ2n) is 5.12. The molecule has 20 heavy (non-hydrogen) atoms. The van der Waals surface area contributed by atoms with Crippen molar-refractivity contribution in [1.82, 2.24) is 4.72 Å². The molecule has 0 spiro atoms. The molecular weight excluding hydrogens is 268 g/mol. The van der Waals surface area contributed by atoms with Crippen LogP contribution in [0.3, 0.4) is 0 Å². The predicted molar refractivity (Wildman–Crippen MR) is 82.3 cm³/mol. The molecule has 0 amide bonds. The van der Waals surface area contributed by atoms with E-state index in [-0.39, 0.29) is 0 Å². The summed E-state index contributed by atoms with van der Waals surface area (Å²) >= 11 is 1.73. The van der Waals surface area contributed by atoms with Gasteiger partial charge >= 0.3 is 0 Å². The Labute approximate surface area is 123 Å². The first-order valence-corrected chi connectivity index (χ1v) is 7.78. The number of benzene rings is 2. The van der Waals surface area contributed by atoms with Crippen molar-refractivity contribution < 1.29 is 4.74 Å². The molecule has 1 atom stereocenters. The van der Waals surface area contributed by atoms with E-state index < -0.39 is 0 Å². The number of fused-ring (bicyclic) bond motifs is 3. The largest absolute Gasteiger partial charge is 0.457 e. The summed E-state index contributed by atoms with van der Waals surface area (Å²) in [5.74, 6) is 1.79. The quantitative estimate of drug-likeness (QED) is 0.842. The van der Waals surface area contributed by atoms with Crippen molar-refractivity contribution in [1.29, 1.82) is 0 Å². The summed E-state index contributed by atoms with van der Waals surface area (Å²) in [6, 6.07) is 16.3. The van der Waals surface area contributed by atoms with Gasteiger partial charge in [-0.25, -0.2) is 4.72 Å². The number of nitrogens with zero attached hydrogens (tertiary/aromatic N) is 1. The summed E-state index contributed by atoms with van der Waals surface area (Å²) in [5, 5.41) is 0. The summed E-state index contributed by atoms with van der Waals surface area (Å²) in [6.45, 7) is 1.13. The molecule has 0 bridgehead atoms. The zero-order chi connectivity index (χ0) is 13.4. The van der Waals surface area contributed by atoms with Crippen LogP contribution in [-0.4, -0.2) is 12.7 Å². The van der Waals surface area contributed by atoms with Crippen LogP contribution in [0.1, 0.15) is 12.8 Å². The molecule has 2 heterocycles. The van der Waals surface area contributed by atoms with Crippen molar-refractivity contribution in [2.75, 3.05) is 11.4 Å². The second-order valence-corrected chi connectivity index (χ2v) is 6.00. The monoisotopic (exact) mass is 284 g/mol. The fourth-order valence-corrected chi connectivity index (χ4v) is 3.73. The summed E-state index contributed by atoms with van der Waals surface area (Å²) in [4.78, 5) is 3.73. The Morgan fingerprint density at radius 1 is 1.10 bits per heavy atom. The summed E-state index contributed by atoms with van der Waals surface area (Å²) in [5.41, 5.74) is 1.30. The number of para-hydroxylation sites is 1. The van der Waals surface area contributed by atoms with Gasteiger partial charge in [0, 0.05) is 17.5 Å². The maximum Gasteiger partial charge on any atom is 0.129 e. The van der Waals surface area contributed by atoms with Gasteiger partial charge in [-0.1, -0.05) is 18.2 Å². The molecule has 3 nitrogen and oxygen atoms in total. The van der Waals surface area contributed by atoms with E-state index in [1.54, 1.807) is 11.9 Å². The topological polar surface area (TPSA) is 24.5 Å². The van der Waals surface area contributed by atoms with Crippen molar-refractivity contribution in [3.05, 3.63) is 48.5 Å². The fraction of sp³-hybridized carbons (Fsp3) is 0.250.